The van der Waals surface area contributed by atoms with Crippen LogP contribution in [0.4, 0.5) is 0 Å². The molecule has 0 saturated heterocycles. The lowest BCUT2D eigenvalue weighted by Gasteiger charge is -2.15. The Morgan fingerprint density at radius 2 is 1.91 bits per heavy atom. The van der Waals surface area contributed by atoms with Crippen LogP contribution in [-0.2, 0) is 10.1 Å². The molecule has 0 bridgehead atoms. The number of hydrogen-bond acceptors (Lipinski definition) is 4. The van der Waals surface area contributed by atoms with Crippen LogP contribution in [0.3, 0.4) is 0 Å². The maximum Gasteiger partial charge on any atom is 0.339 e. The van der Waals surface area contributed by atoms with Crippen molar-refractivity contribution in [3.05, 3.63) is 59.7 Å². The second-order valence-electron chi connectivity index (χ2n) is 5.02. The Labute approximate surface area is 131 Å². The Morgan fingerprint density at radius 3 is 2.59 bits per heavy atom. The van der Waals surface area contributed by atoms with E-state index in [0.29, 0.717) is 5.75 Å². The smallest absolute Gasteiger partial charge is 0.339 e. The van der Waals surface area contributed by atoms with Gasteiger partial charge >= 0.3 is 10.1 Å². The van der Waals surface area contributed by atoms with Crippen LogP contribution in [0.2, 0.25) is 0 Å². The van der Waals surface area contributed by atoms with Crippen molar-refractivity contribution in [3.8, 4) is 11.8 Å². The minimum absolute atomic E-state index is 0.0227. The molecular formula is C17H17NO3S. The molecule has 0 heterocycles. The summed E-state index contributed by atoms with van der Waals surface area (Å²) in [6, 6.07) is 14.8. The Kier molecular flexibility index (Phi) is 4.84. The largest absolute Gasteiger partial charge is 0.379 e. The highest BCUT2D eigenvalue weighted by molar-refractivity contribution is 7.87. The third-order valence-electron chi connectivity index (χ3n) is 3.51. The zero-order valence-electron chi connectivity index (χ0n) is 12.5. The molecule has 0 spiro atoms. The fraction of sp³-hybridized carbons (Fsp3) is 0.235. The molecule has 0 amide bonds. The molecule has 0 N–H and O–H groups in total. The summed E-state index contributed by atoms with van der Waals surface area (Å²) in [6.07, 6.45) is 0.879. The average Bonchev–Trinajstić information content (AvgIpc) is 2.54. The van der Waals surface area contributed by atoms with E-state index >= 15 is 0 Å². The molecule has 0 aromatic heterocycles. The molecule has 2 rings (SSSR count). The van der Waals surface area contributed by atoms with Gasteiger partial charge in [0.1, 0.15) is 10.6 Å². The lowest BCUT2D eigenvalue weighted by atomic mass is 9.98. The van der Waals surface area contributed by atoms with Crippen molar-refractivity contribution in [2.24, 2.45) is 0 Å². The second-order valence-corrected chi connectivity index (χ2v) is 6.57. The van der Waals surface area contributed by atoms with Gasteiger partial charge < -0.3 is 4.18 Å². The maximum atomic E-state index is 12.4. The van der Waals surface area contributed by atoms with Gasteiger partial charge in [-0.1, -0.05) is 38.1 Å². The summed E-state index contributed by atoms with van der Waals surface area (Å²) < 4.78 is 30.1. The van der Waals surface area contributed by atoms with Crippen molar-refractivity contribution in [3.63, 3.8) is 0 Å². The van der Waals surface area contributed by atoms with Crippen LogP contribution < -0.4 is 4.18 Å². The molecule has 1 atom stereocenters. The van der Waals surface area contributed by atoms with Gasteiger partial charge in [0.2, 0.25) is 0 Å². The highest BCUT2D eigenvalue weighted by Gasteiger charge is 2.20. The fourth-order valence-corrected chi connectivity index (χ4v) is 3.07. The van der Waals surface area contributed by atoms with Gasteiger partial charge in [-0.25, -0.2) is 0 Å². The summed E-state index contributed by atoms with van der Waals surface area (Å²) in [5.74, 6) is 0.524. The molecule has 2 aromatic rings. The Hall–Kier alpha value is -2.32. The molecule has 0 aliphatic rings. The normalized spacial score (nSPS) is 12.4. The van der Waals surface area contributed by atoms with Crippen molar-refractivity contribution in [2.75, 3.05) is 0 Å². The first kappa shape index (κ1) is 16.1. The molecule has 0 aliphatic carbocycles. The third kappa shape index (κ3) is 3.46. The fourth-order valence-electron chi connectivity index (χ4n) is 2.07. The van der Waals surface area contributed by atoms with E-state index < -0.39 is 10.1 Å². The molecule has 5 heteroatoms. The van der Waals surface area contributed by atoms with Crippen molar-refractivity contribution in [2.45, 2.75) is 31.1 Å². The summed E-state index contributed by atoms with van der Waals surface area (Å²) in [4.78, 5) is -0.0227. The summed E-state index contributed by atoms with van der Waals surface area (Å²) in [5.41, 5.74) is 1.13. The van der Waals surface area contributed by atoms with E-state index in [2.05, 4.69) is 0 Å². The minimum Gasteiger partial charge on any atom is -0.379 e. The lowest BCUT2D eigenvalue weighted by molar-refractivity contribution is 0.479. The lowest BCUT2D eigenvalue weighted by Crippen LogP contribution is -2.11. The number of nitriles is 1. The zero-order valence-corrected chi connectivity index (χ0v) is 13.3. The summed E-state index contributed by atoms with van der Waals surface area (Å²) in [5, 5.41) is 8.88. The van der Waals surface area contributed by atoms with E-state index in [1.165, 1.54) is 18.2 Å². The standard InChI is InChI=1S/C17H17NO3S/c1-3-13(2)16-9-4-5-10-17(16)21-22(19,20)15-8-6-7-14(11-15)12-18/h4-11,13H,3H2,1-2H3. The van der Waals surface area contributed by atoms with Gasteiger partial charge in [0.05, 0.1) is 11.6 Å². The highest BCUT2D eigenvalue weighted by Crippen LogP contribution is 2.30. The quantitative estimate of drug-likeness (QED) is 0.786. The molecule has 0 aliphatic heterocycles. The van der Waals surface area contributed by atoms with Gasteiger partial charge in [0, 0.05) is 0 Å². The topological polar surface area (TPSA) is 67.2 Å². The van der Waals surface area contributed by atoms with Crippen LogP contribution in [0.5, 0.6) is 5.75 Å². The predicted molar refractivity (Wildman–Crippen MR) is 84.1 cm³/mol. The molecule has 4 nitrogen and oxygen atoms in total. The average molecular weight is 315 g/mol. The number of nitrogens with zero attached hydrogens (tertiary/aromatic N) is 1. The number of benzene rings is 2. The minimum atomic E-state index is -3.96. The number of hydrogen-bond donors (Lipinski definition) is 0. The van der Waals surface area contributed by atoms with Crippen LogP contribution in [0.25, 0.3) is 0 Å². The van der Waals surface area contributed by atoms with Gasteiger partial charge in [-0.3, -0.25) is 0 Å². The van der Waals surface area contributed by atoms with E-state index in [1.807, 2.05) is 32.0 Å². The Morgan fingerprint density at radius 1 is 1.18 bits per heavy atom. The summed E-state index contributed by atoms with van der Waals surface area (Å²) in [7, 11) is -3.96. The predicted octanol–water partition coefficient (Wildman–Crippen LogP) is 3.84. The van der Waals surface area contributed by atoms with E-state index in [0.717, 1.165) is 12.0 Å². The highest BCUT2D eigenvalue weighted by atomic mass is 32.2. The van der Waals surface area contributed by atoms with Gasteiger partial charge in [-0.05, 0) is 42.2 Å². The zero-order chi connectivity index (χ0) is 16.2. The molecule has 114 valence electrons. The molecule has 1 unspecified atom stereocenters. The van der Waals surface area contributed by atoms with E-state index in [9.17, 15) is 8.42 Å². The summed E-state index contributed by atoms with van der Waals surface area (Å²) in [6.45, 7) is 4.05. The van der Waals surface area contributed by atoms with Crippen molar-refractivity contribution < 1.29 is 12.6 Å². The van der Waals surface area contributed by atoms with E-state index in [1.54, 1.807) is 18.2 Å². The van der Waals surface area contributed by atoms with E-state index in [-0.39, 0.29) is 16.4 Å². The Balaban J connectivity index is 2.39. The third-order valence-corrected chi connectivity index (χ3v) is 4.74. The molecule has 2 aromatic carbocycles. The number of para-hydroxylation sites is 1. The molecular weight excluding hydrogens is 298 g/mol. The van der Waals surface area contributed by atoms with Crippen LogP contribution >= 0.6 is 0 Å². The van der Waals surface area contributed by atoms with Crippen LogP contribution in [-0.4, -0.2) is 8.42 Å². The van der Waals surface area contributed by atoms with Gasteiger partial charge in [-0.2, -0.15) is 13.7 Å². The molecule has 22 heavy (non-hydrogen) atoms. The first-order valence-electron chi connectivity index (χ1n) is 7.01. The Bertz CT molecular complexity index is 807. The maximum absolute atomic E-state index is 12.4. The van der Waals surface area contributed by atoms with Crippen LogP contribution in [0, 0.1) is 11.3 Å². The number of rotatable bonds is 5. The molecule has 0 saturated carbocycles. The van der Waals surface area contributed by atoms with Gasteiger partial charge in [0.25, 0.3) is 0 Å². The van der Waals surface area contributed by atoms with Crippen LogP contribution in [0.1, 0.15) is 37.3 Å². The first-order chi connectivity index (χ1) is 10.5. The van der Waals surface area contributed by atoms with Crippen LogP contribution in [0.15, 0.2) is 53.4 Å². The summed E-state index contributed by atoms with van der Waals surface area (Å²) >= 11 is 0. The molecule has 0 fully saturated rings. The first-order valence-corrected chi connectivity index (χ1v) is 8.42. The van der Waals surface area contributed by atoms with Crippen molar-refractivity contribution in [1.29, 1.82) is 5.26 Å². The molecule has 0 radical (unpaired) electrons. The second kappa shape index (κ2) is 6.63. The SMILES string of the molecule is CCC(C)c1ccccc1OS(=O)(=O)c1cccc(C#N)c1. The van der Waals surface area contributed by atoms with Gasteiger partial charge in [-0.15, -0.1) is 0 Å². The van der Waals surface area contributed by atoms with E-state index in [4.69, 9.17) is 9.44 Å². The van der Waals surface area contributed by atoms with Gasteiger partial charge in [0.15, 0.2) is 0 Å². The van der Waals surface area contributed by atoms with Crippen molar-refractivity contribution in [1.82, 2.24) is 0 Å². The van der Waals surface area contributed by atoms with Crippen molar-refractivity contribution >= 4 is 10.1 Å². The monoisotopic (exact) mass is 315 g/mol.